The zero-order valence-electron chi connectivity index (χ0n) is 16.9. The molecule has 3 N–H and O–H groups in total. The standard InChI is InChI=1S/C23H24N2O4S/c1-3-12-28-18-7-4-16(5-8-18)22(27)25-23(30)24-17-6-10-20(15(2)13-17)21-11-9-19(14-26)29-21/h4-11,13,26H,3,12,14H2,1-2H3,(H2,24,25,27,30). The smallest absolute Gasteiger partial charge is 0.257 e. The van der Waals surface area contributed by atoms with Crippen molar-refractivity contribution in [3.8, 4) is 17.1 Å². The minimum Gasteiger partial charge on any atom is -0.494 e. The zero-order valence-corrected chi connectivity index (χ0v) is 17.7. The van der Waals surface area contributed by atoms with Crippen LogP contribution in [0.2, 0.25) is 0 Å². The monoisotopic (exact) mass is 424 g/mol. The Morgan fingerprint density at radius 3 is 2.53 bits per heavy atom. The molecule has 7 heteroatoms. The summed E-state index contributed by atoms with van der Waals surface area (Å²) in [5.41, 5.74) is 3.13. The van der Waals surface area contributed by atoms with Crippen LogP contribution in [0.5, 0.6) is 5.75 Å². The van der Waals surface area contributed by atoms with Crippen molar-refractivity contribution < 1.29 is 19.1 Å². The van der Waals surface area contributed by atoms with Crippen molar-refractivity contribution in [2.24, 2.45) is 0 Å². The van der Waals surface area contributed by atoms with Crippen LogP contribution < -0.4 is 15.4 Å². The Morgan fingerprint density at radius 2 is 1.90 bits per heavy atom. The number of ether oxygens (including phenoxy) is 1. The average Bonchev–Trinajstić information content (AvgIpc) is 3.21. The molecule has 0 spiro atoms. The van der Waals surface area contributed by atoms with Gasteiger partial charge in [0.25, 0.3) is 5.91 Å². The summed E-state index contributed by atoms with van der Waals surface area (Å²) in [6.07, 6.45) is 0.924. The molecular weight excluding hydrogens is 400 g/mol. The molecular formula is C23H24N2O4S. The van der Waals surface area contributed by atoms with Gasteiger partial charge in [0.05, 0.1) is 6.61 Å². The number of aryl methyl sites for hydroxylation is 1. The van der Waals surface area contributed by atoms with E-state index in [4.69, 9.17) is 26.5 Å². The zero-order chi connectivity index (χ0) is 21.5. The average molecular weight is 425 g/mol. The number of carbonyl (C=O) groups excluding carboxylic acids is 1. The van der Waals surface area contributed by atoms with Gasteiger partial charge in [-0.05, 0) is 85.7 Å². The highest BCUT2D eigenvalue weighted by Gasteiger charge is 2.11. The molecule has 1 amide bonds. The number of anilines is 1. The maximum atomic E-state index is 12.4. The number of amides is 1. The Balaban J connectivity index is 1.60. The number of furan rings is 1. The molecule has 0 saturated heterocycles. The summed E-state index contributed by atoms with van der Waals surface area (Å²) >= 11 is 5.27. The molecule has 0 aliphatic heterocycles. The largest absolute Gasteiger partial charge is 0.494 e. The van der Waals surface area contributed by atoms with Crippen molar-refractivity contribution >= 4 is 28.9 Å². The second kappa shape index (κ2) is 10.0. The van der Waals surface area contributed by atoms with Crippen molar-refractivity contribution in [1.82, 2.24) is 5.32 Å². The molecule has 1 heterocycles. The molecule has 0 saturated carbocycles. The first-order valence-electron chi connectivity index (χ1n) is 9.66. The van der Waals surface area contributed by atoms with Gasteiger partial charge in [0.1, 0.15) is 23.9 Å². The highest BCUT2D eigenvalue weighted by molar-refractivity contribution is 7.80. The first-order valence-corrected chi connectivity index (χ1v) is 10.1. The van der Waals surface area contributed by atoms with E-state index in [1.165, 1.54) is 0 Å². The first kappa shape index (κ1) is 21.5. The van der Waals surface area contributed by atoms with Gasteiger partial charge in [0, 0.05) is 16.8 Å². The summed E-state index contributed by atoms with van der Waals surface area (Å²) in [4.78, 5) is 12.4. The minimum atomic E-state index is -0.296. The van der Waals surface area contributed by atoms with E-state index < -0.39 is 0 Å². The molecule has 3 aromatic rings. The van der Waals surface area contributed by atoms with Crippen LogP contribution in [0.15, 0.2) is 59.0 Å². The van der Waals surface area contributed by atoms with E-state index in [0.29, 0.717) is 23.7 Å². The number of hydrogen-bond donors (Lipinski definition) is 3. The third-order valence-electron chi connectivity index (χ3n) is 4.38. The lowest BCUT2D eigenvalue weighted by molar-refractivity contribution is 0.0977. The number of thiocarbonyl (C=S) groups is 1. The third kappa shape index (κ3) is 5.46. The van der Waals surface area contributed by atoms with Crippen molar-refractivity contribution in [2.45, 2.75) is 26.9 Å². The van der Waals surface area contributed by atoms with Crippen LogP contribution in [0, 0.1) is 6.92 Å². The number of carbonyl (C=O) groups is 1. The molecule has 0 atom stereocenters. The lowest BCUT2D eigenvalue weighted by atomic mass is 10.1. The summed E-state index contributed by atoms with van der Waals surface area (Å²) in [5.74, 6) is 1.63. The van der Waals surface area contributed by atoms with Crippen LogP contribution in [0.4, 0.5) is 5.69 Å². The first-order chi connectivity index (χ1) is 14.5. The molecule has 156 valence electrons. The number of hydrogen-bond acceptors (Lipinski definition) is 5. The maximum absolute atomic E-state index is 12.4. The van der Waals surface area contributed by atoms with E-state index >= 15 is 0 Å². The Labute approximate surface area is 180 Å². The van der Waals surface area contributed by atoms with Gasteiger partial charge in [0.15, 0.2) is 5.11 Å². The van der Waals surface area contributed by atoms with Gasteiger partial charge in [-0.2, -0.15) is 0 Å². The van der Waals surface area contributed by atoms with Crippen LogP contribution >= 0.6 is 12.2 Å². The highest BCUT2D eigenvalue weighted by atomic mass is 32.1. The number of aliphatic hydroxyl groups is 1. The van der Waals surface area contributed by atoms with Gasteiger partial charge in [-0.25, -0.2) is 0 Å². The fourth-order valence-corrected chi connectivity index (χ4v) is 3.10. The highest BCUT2D eigenvalue weighted by Crippen LogP contribution is 2.27. The van der Waals surface area contributed by atoms with Crippen molar-refractivity contribution in [3.05, 3.63) is 71.5 Å². The fraction of sp³-hybridized carbons (Fsp3) is 0.217. The normalized spacial score (nSPS) is 10.5. The van der Waals surface area contributed by atoms with Gasteiger partial charge in [-0.15, -0.1) is 0 Å². The predicted molar refractivity (Wildman–Crippen MR) is 121 cm³/mol. The molecule has 3 rings (SSSR count). The van der Waals surface area contributed by atoms with E-state index in [2.05, 4.69) is 10.6 Å². The van der Waals surface area contributed by atoms with Crippen molar-refractivity contribution in [2.75, 3.05) is 11.9 Å². The SMILES string of the molecule is CCCOc1ccc(C(=O)NC(=S)Nc2ccc(-c3ccc(CO)o3)c(C)c2)cc1. The minimum absolute atomic E-state index is 0.138. The van der Waals surface area contributed by atoms with Gasteiger partial charge in [-0.3, -0.25) is 10.1 Å². The Morgan fingerprint density at radius 1 is 1.13 bits per heavy atom. The topological polar surface area (TPSA) is 83.7 Å². The number of aliphatic hydroxyl groups excluding tert-OH is 1. The molecule has 2 aromatic carbocycles. The quantitative estimate of drug-likeness (QED) is 0.479. The Hall–Kier alpha value is -3.16. The second-order valence-electron chi connectivity index (χ2n) is 6.73. The maximum Gasteiger partial charge on any atom is 0.257 e. The Kier molecular flexibility index (Phi) is 7.21. The molecule has 0 aliphatic rings. The number of rotatable bonds is 7. The summed E-state index contributed by atoms with van der Waals surface area (Å²) in [6, 6.07) is 16.2. The molecule has 0 radical (unpaired) electrons. The lowest BCUT2D eigenvalue weighted by Gasteiger charge is -2.12. The van der Waals surface area contributed by atoms with E-state index in [0.717, 1.165) is 29.0 Å². The van der Waals surface area contributed by atoms with Gasteiger partial charge in [0.2, 0.25) is 0 Å². The number of benzene rings is 2. The molecule has 30 heavy (non-hydrogen) atoms. The lowest BCUT2D eigenvalue weighted by Crippen LogP contribution is -2.34. The molecule has 0 aliphatic carbocycles. The van der Waals surface area contributed by atoms with Crippen LogP contribution in [0.1, 0.15) is 35.0 Å². The van der Waals surface area contributed by atoms with Crippen molar-refractivity contribution in [3.63, 3.8) is 0 Å². The van der Waals surface area contributed by atoms with Crippen molar-refractivity contribution in [1.29, 1.82) is 0 Å². The predicted octanol–water partition coefficient (Wildman–Crippen LogP) is 4.66. The molecule has 0 fully saturated rings. The molecule has 6 nitrogen and oxygen atoms in total. The molecule has 0 unspecified atom stereocenters. The summed E-state index contributed by atoms with van der Waals surface area (Å²) in [6.45, 7) is 4.49. The summed E-state index contributed by atoms with van der Waals surface area (Å²) in [5, 5.41) is 15.1. The Bertz CT molecular complexity index is 1030. The van der Waals surface area contributed by atoms with Crippen LogP contribution in [-0.2, 0) is 6.61 Å². The summed E-state index contributed by atoms with van der Waals surface area (Å²) < 4.78 is 11.1. The van der Waals surface area contributed by atoms with E-state index in [9.17, 15) is 4.79 Å². The van der Waals surface area contributed by atoms with Gasteiger partial charge < -0.3 is 19.6 Å². The van der Waals surface area contributed by atoms with Crippen LogP contribution in [-0.4, -0.2) is 22.7 Å². The number of nitrogens with one attached hydrogen (secondary N) is 2. The van der Waals surface area contributed by atoms with Gasteiger partial charge in [-0.1, -0.05) is 6.92 Å². The summed E-state index contributed by atoms with van der Waals surface area (Å²) in [7, 11) is 0. The van der Waals surface area contributed by atoms with Crippen LogP contribution in [0.3, 0.4) is 0 Å². The van der Waals surface area contributed by atoms with E-state index in [1.54, 1.807) is 30.3 Å². The van der Waals surface area contributed by atoms with Gasteiger partial charge >= 0.3 is 0 Å². The molecule has 1 aromatic heterocycles. The van der Waals surface area contributed by atoms with Crippen LogP contribution in [0.25, 0.3) is 11.3 Å². The fourth-order valence-electron chi connectivity index (χ4n) is 2.89. The second-order valence-corrected chi connectivity index (χ2v) is 7.14. The molecule has 0 bridgehead atoms. The third-order valence-corrected chi connectivity index (χ3v) is 4.59. The van der Waals surface area contributed by atoms with E-state index in [-0.39, 0.29) is 17.6 Å². The van der Waals surface area contributed by atoms with E-state index in [1.807, 2.05) is 38.1 Å².